The zero-order valence-electron chi connectivity index (χ0n) is 10.1. The third-order valence-electron chi connectivity index (χ3n) is 2.59. The molecule has 0 aliphatic carbocycles. The summed E-state index contributed by atoms with van der Waals surface area (Å²) in [7, 11) is 0. The molecule has 0 bridgehead atoms. The summed E-state index contributed by atoms with van der Waals surface area (Å²) in [6, 6.07) is 6.45. The van der Waals surface area contributed by atoms with Gasteiger partial charge in [0.1, 0.15) is 0 Å². The first-order valence-corrected chi connectivity index (χ1v) is 6.22. The fourth-order valence-corrected chi connectivity index (χ4v) is 2.10. The lowest BCUT2D eigenvalue weighted by atomic mass is 10.2. The summed E-state index contributed by atoms with van der Waals surface area (Å²) in [5, 5.41) is 3.22. The van der Waals surface area contributed by atoms with Crippen LogP contribution < -0.4 is 11.1 Å². The molecule has 0 aliphatic rings. The smallest absolute Gasteiger partial charge is 0.257 e. The molecule has 0 saturated carbocycles. The molecular weight excluding hydrogens is 285 g/mol. The number of carbonyl (C=O) groups is 1. The van der Waals surface area contributed by atoms with Gasteiger partial charge in [-0.2, -0.15) is 0 Å². The van der Waals surface area contributed by atoms with E-state index in [1.807, 2.05) is 6.92 Å². The second kappa shape index (κ2) is 5.47. The molecule has 98 valence electrons. The SMILES string of the molecule is Cc1ccnc(Cl)c1NC(=O)c1ccc(N)cc1Cl. The average molecular weight is 296 g/mol. The van der Waals surface area contributed by atoms with Crippen molar-refractivity contribution in [1.29, 1.82) is 0 Å². The molecule has 1 heterocycles. The van der Waals surface area contributed by atoms with Gasteiger partial charge >= 0.3 is 0 Å². The Bertz CT molecular complexity index is 624. The molecule has 6 heteroatoms. The molecule has 0 aliphatic heterocycles. The number of nitrogens with two attached hydrogens (primary N) is 1. The molecule has 1 aromatic heterocycles. The van der Waals surface area contributed by atoms with Crippen molar-refractivity contribution in [3.63, 3.8) is 0 Å². The molecule has 0 atom stereocenters. The van der Waals surface area contributed by atoms with Gasteiger partial charge in [-0.3, -0.25) is 4.79 Å². The molecule has 0 unspecified atom stereocenters. The van der Waals surface area contributed by atoms with Crippen LogP contribution >= 0.6 is 23.2 Å². The second-order valence-corrected chi connectivity index (χ2v) is 4.75. The predicted molar refractivity (Wildman–Crippen MR) is 77.8 cm³/mol. The Morgan fingerprint density at radius 1 is 1.32 bits per heavy atom. The summed E-state index contributed by atoms with van der Waals surface area (Å²) < 4.78 is 0. The van der Waals surface area contributed by atoms with E-state index >= 15 is 0 Å². The zero-order chi connectivity index (χ0) is 14.0. The number of amides is 1. The minimum atomic E-state index is -0.358. The van der Waals surface area contributed by atoms with E-state index in [1.54, 1.807) is 24.4 Å². The van der Waals surface area contributed by atoms with Crippen LogP contribution in [-0.4, -0.2) is 10.9 Å². The first-order chi connectivity index (χ1) is 8.99. The van der Waals surface area contributed by atoms with E-state index in [2.05, 4.69) is 10.3 Å². The third-order valence-corrected chi connectivity index (χ3v) is 3.19. The standard InChI is InChI=1S/C13H11Cl2N3O/c1-7-4-5-17-12(15)11(7)18-13(19)9-3-2-8(16)6-10(9)14/h2-6H,16H2,1H3,(H,18,19). The Hall–Kier alpha value is -1.78. The van der Waals surface area contributed by atoms with E-state index in [-0.39, 0.29) is 16.1 Å². The summed E-state index contributed by atoms with van der Waals surface area (Å²) in [5.41, 5.74) is 7.70. The fourth-order valence-electron chi connectivity index (χ4n) is 1.57. The molecule has 0 spiro atoms. The number of carbonyl (C=O) groups excluding carboxylic acids is 1. The van der Waals surface area contributed by atoms with Crippen LogP contribution in [0.3, 0.4) is 0 Å². The van der Waals surface area contributed by atoms with E-state index in [4.69, 9.17) is 28.9 Å². The number of nitrogens with one attached hydrogen (secondary N) is 1. The first kappa shape index (κ1) is 13.6. The number of hydrogen-bond donors (Lipinski definition) is 2. The fraction of sp³-hybridized carbons (Fsp3) is 0.0769. The van der Waals surface area contributed by atoms with Gasteiger partial charge in [0.25, 0.3) is 5.91 Å². The second-order valence-electron chi connectivity index (χ2n) is 3.99. The van der Waals surface area contributed by atoms with Gasteiger partial charge in [0.05, 0.1) is 16.3 Å². The number of pyridine rings is 1. The first-order valence-electron chi connectivity index (χ1n) is 5.46. The summed E-state index contributed by atoms with van der Waals surface area (Å²) in [6.45, 7) is 1.83. The molecule has 2 rings (SSSR count). The summed E-state index contributed by atoms with van der Waals surface area (Å²) in [4.78, 5) is 16.0. The predicted octanol–water partition coefficient (Wildman–Crippen LogP) is 3.53. The lowest BCUT2D eigenvalue weighted by Crippen LogP contribution is -2.14. The van der Waals surface area contributed by atoms with E-state index in [9.17, 15) is 4.79 Å². The summed E-state index contributed by atoms with van der Waals surface area (Å²) in [5.74, 6) is -0.358. The molecule has 0 radical (unpaired) electrons. The molecule has 1 aromatic carbocycles. The molecule has 1 amide bonds. The van der Waals surface area contributed by atoms with Crippen molar-refractivity contribution in [2.75, 3.05) is 11.1 Å². The molecule has 0 fully saturated rings. The maximum Gasteiger partial charge on any atom is 0.257 e. The van der Waals surface area contributed by atoms with Gasteiger partial charge in [0.2, 0.25) is 0 Å². The van der Waals surface area contributed by atoms with Crippen LogP contribution in [0.2, 0.25) is 10.2 Å². The van der Waals surface area contributed by atoms with Gasteiger partial charge in [0, 0.05) is 11.9 Å². The highest BCUT2D eigenvalue weighted by Gasteiger charge is 2.14. The minimum Gasteiger partial charge on any atom is -0.399 e. The van der Waals surface area contributed by atoms with Gasteiger partial charge < -0.3 is 11.1 Å². The van der Waals surface area contributed by atoms with Gasteiger partial charge in [-0.25, -0.2) is 4.98 Å². The number of anilines is 2. The third kappa shape index (κ3) is 2.97. The molecule has 0 saturated heterocycles. The lowest BCUT2D eigenvalue weighted by molar-refractivity contribution is 0.102. The average Bonchev–Trinajstić information content (AvgIpc) is 2.33. The van der Waals surface area contributed by atoms with Crippen LogP contribution in [-0.2, 0) is 0 Å². The molecule has 19 heavy (non-hydrogen) atoms. The Kier molecular flexibility index (Phi) is 3.93. The van der Waals surface area contributed by atoms with Gasteiger partial charge in [-0.15, -0.1) is 0 Å². The van der Waals surface area contributed by atoms with E-state index in [0.717, 1.165) is 5.56 Å². The molecule has 2 aromatic rings. The maximum atomic E-state index is 12.1. The van der Waals surface area contributed by atoms with E-state index in [1.165, 1.54) is 6.07 Å². The van der Waals surface area contributed by atoms with Gasteiger partial charge in [-0.1, -0.05) is 23.2 Å². The molecule has 4 nitrogen and oxygen atoms in total. The quantitative estimate of drug-likeness (QED) is 0.658. The summed E-state index contributed by atoms with van der Waals surface area (Å²) >= 11 is 11.9. The van der Waals surface area contributed by atoms with Crippen LogP contribution in [0, 0.1) is 6.92 Å². The monoisotopic (exact) mass is 295 g/mol. The molecule has 3 N–H and O–H groups in total. The number of benzene rings is 1. The van der Waals surface area contributed by atoms with Crippen molar-refractivity contribution in [3.8, 4) is 0 Å². The van der Waals surface area contributed by atoms with Crippen LogP contribution in [0.25, 0.3) is 0 Å². The molecular formula is C13H11Cl2N3O. The Labute approximate surface area is 120 Å². The zero-order valence-corrected chi connectivity index (χ0v) is 11.6. The van der Waals surface area contributed by atoms with Crippen molar-refractivity contribution in [2.24, 2.45) is 0 Å². The summed E-state index contributed by atoms with van der Waals surface area (Å²) in [6.07, 6.45) is 1.57. The highest BCUT2D eigenvalue weighted by molar-refractivity contribution is 6.35. The van der Waals surface area contributed by atoms with Crippen LogP contribution in [0.4, 0.5) is 11.4 Å². The van der Waals surface area contributed by atoms with Gasteiger partial charge in [0.15, 0.2) is 5.15 Å². The topological polar surface area (TPSA) is 68.0 Å². The normalized spacial score (nSPS) is 10.3. The highest BCUT2D eigenvalue weighted by atomic mass is 35.5. The Morgan fingerprint density at radius 3 is 2.68 bits per heavy atom. The number of hydrogen-bond acceptors (Lipinski definition) is 3. The van der Waals surface area contributed by atoms with Crippen molar-refractivity contribution in [3.05, 3.63) is 51.8 Å². The highest BCUT2D eigenvalue weighted by Crippen LogP contribution is 2.25. The van der Waals surface area contributed by atoms with Gasteiger partial charge in [-0.05, 0) is 36.8 Å². The number of nitrogen functional groups attached to an aromatic ring is 1. The van der Waals surface area contributed by atoms with Crippen molar-refractivity contribution >= 4 is 40.5 Å². The lowest BCUT2D eigenvalue weighted by Gasteiger charge is -2.10. The van der Waals surface area contributed by atoms with Crippen LogP contribution in [0.5, 0.6) is 0 Å². The number of aromatic nitrogens is 1. The maximum absolute atomic E-state index is 12.1. The van der Waals surface area contributed by atoms with Crippen molar-refractivity contribution in [2.45, 2.75) is 6.92 Å². The Morgan fingerprint density at radius 2 is 2.05 bits per heavy atom. The number of nitrogens with zero attached hydrogens (tertiary/aromatic N) is 1. The number of halogens is 2. The van der Waals surface area contributed by atoms with E-state index in [0.29, 0.717) is 16.9 Å². The van der Waals surface area contributed by atoms with Crippen LogP contribution in [0.1, 0.15) is 15.9 Å². The van der Waals surface area contributed by atoms with E-state index < -0.39 is 0 Å². The number of aryl methyl sites for hydroxylation is 1. The van der Waals surface area contributed by atoms with Crippen molar-refractivity contribution < 1.29 is 4.79 Å². The van der Waals surface area contributed by atoms with Crippen LogP contribution in [0.15, 0.2) is 30.5 Å². The minimum absolute atomic E-state index is 0.236. The largest absolute Gasteiger partial charge is 0.399 e. The van der Waals surface area contributed by atoms with Crippen molar-refractivity contribution in [1.82, 2.24) is 4.98 Å². The number of rotatable bonds is 2. The Balaban J connectivity index is 2.31.